The van der Waals surface area contributed by atoms with Crippen molar-refractivity contribution >= 4 is 17.3 Å². The van der Waals surface area contributed by atoms with Gasteiger partial charge in [-0.25, -0.2) is 8.78 Å². The van der Waals surface area contributed by atoms with Gasteiger partial charge in [0.25, 0.3) is 5.91 Å². The maximum Gasteiger partial charge on any atom is 0.260 e. The summed E-state index contributed by atoms with van der Waals surface area (Å²) in [6, 6.07) is 9.16. The van der Waals surface area contributed by atoms with Gasteiger partial charge < -0.3 is 10.6 Å². The molecule has 0 aliphatic heterocycles. The van der Waals surface area contributed by atoms with Gasteiger partial charge in [-0.15, -0.1) is 0 Å². The molecule has 2 N–H and O–H groups in total. The summed E-state index contributed by atoms with van der Waals surface area (Å²) in [6.07, 6.45) is 0. The molecule has 0 aliphatic rings. The van der Waals surface area contributed by atoms with Crippen LogP contribution >= 0.6 is 0 Å². The predicted molar refractivity (Wildman–Crippen MR) is 74.6 cm³/mol. The van der Waals surface area contributed by atoms with Crippen molar-refractivity contribution in [2.45, 2.75) is 6.92 Å². The van der Waals surface area contributed by atoms with Crippen molar-refractivity contribution < 1.29 is 13.6 Å². The third kappa shape index (κ3) is 2.77. The fourth-order valence-corrected chi connectivity index (χ4v) is 1.92. The van der Waals surface area contributed by atoms with E-state index in [0.29, 0.717) is 12.2 Å². The lowest BCUT2D eigenvalue weighted by molar-refractivity contribution is 0.0988. The SMILES string of the molecule is CCN(C(=O)c1cc(F)ccc1N)c1ccc(F)cc1. The minimum Gasteiger partial charge on any atom is -0.398 e. The van der Waals surface area contributed by atoms with Gasteiger partial charge in [0.2, 0.25) is 0 Å². The Morgan fingerprint density at radius 2 is 1.70 bits per heavy atom. The number of carbonyl (C=O) groups is 1. The Morgan fingerprint density at radius 3 is 2.30 bits per heavy atom. The van der Waals surface area contributed by atoms with Gasteiger partial charge >= 0.3 is 0 Å². The van der Waals surface area contributed by atoms with Crippen molar-refractivity contribution in [2.75, 3.05) is 17.2 Å². The number of benzene rings is 2. The van der Waals surface area contributed by atoms with E-state index < -0.39 is 11.7 Å². The van der Waals surface area contributed by atoms with Crippen LogP contribution in [0.4, 0.5) is 20.2 Å². The van der Waals surface area contributed by atoms with Crippen molar-refractivity contribution in [2.24, 2.45) is 0 Å². The van der Waals surface area contributed by atoms with Crippen LogP contribution in [0.25, 0.3) is 0 Å². The molecule has 104 valence electrons. The van der Waals surface area contributed by atoms with Crippen molar-refractivity contribution in [1.29, 1.82) is 0 Å². The molecular formula is C15H14F2N2O. The Morgan fingerprint density at radius 1 is 1.10 bits per heavy atom. The van der Waals surface area contributed by atoms with Gasteiger partial charge in [0.15, 0.2) is 0 Å². The van der Waals surface area contributed by atoms with Crippen molar-refractivity contribution in [1.82, 2.24) is 0 Å². The summed E-state index contributed by atoms with van der Waals surface area (Å²) < 4.78 is 26.2. The van der Waals surface area contributed by atoms with E-state index in [1.165, 1.54) is 41.3 Å². The zero-order chi connectivity index (χ0) is 14.7. The molecule has 2 aromatic carbocycles. The van der Waals surface area contributed by atoms with Gasteiger partial charge in [0, 0.05) is 17.9 Å². The third-order valence-corrected chi connectivity index (χ3v) is 2.95. The van der Waals surface area contributed by atoms with Crippen LogP contribution in [-0.4, -0.2) is 12.5 Å². The first kappa shape index (κ1) is 14.0. The zero-order valence-electron chi connectivity index (χ0n) is 10.9. The number of nitrogens with two attached hydrogens (primary N) is 1. The molecule has 0 fully saturated rings. The molecule has 0 aliphatic carbocycles. The largest absolute Gasteiger partial charge is 0.398 e. The highest BCUT2D eigenvalue weighted by Gasteiger charge is 2.19. The van der Waals surface area contributed by atoms with Crippen LogP contribution in [0.3, 0.4) is 0 Å². The molecule has 3 nitrogen and oxygen atoms in total. The molecule has 0 bridgehead atoms. The van der Waals surface area contributed by atoms with Crippen LogP contribution < -0.4 is 10.6 Å². The highest BCUT2D eigenvalue weighted by atomic mass is 19.1. The number of amides is 1. The second kappa shape index (κ2) is 5.69. The monoisotopic (exact) mass is 276 g/mol. The first-order chi connectivity index (χ1) is 9.52. The molecule has 0 radical (unpaired) electrons. The Bertz CT molecular complexity index is 626. The number of carbonyl (C=O) groups excluding carboxylic acids is 1. The number of hydrogen-bond acceptors (Lipinski definition) is 2. The number of anilines is 2. The smallest absolute Gasteiger partial charge is 0.260 e. The molecule has 0 saturated heterocycles. The summed E-state index contributed by atoms with van der Waals surface area (Å²) in [4.78, 5) is 13.8. The fraction of sp³-hybridized carbons (Fsp3) is 0.133. The molecule has 0 aromatic heterocycles. The summed E-state index contributed by atoms with van der Waals surface area (Å²) in [7, 11) is 0. The van der Waals surface area contributed by atoms with Gasteiger partial charge in [-0.3, -0.25) is 4.79 Å². The summed E-state index contributed by atoms with van der Waals surface area (Å²) >= 11 is 0. The third-order valence-electron chi connectivity index (χ3n) is 2.95. The normalized spacial score (nSPS) is 10.3. The van der Waals surface area contributed by atoms with Crippen LogP contribution in [-0.2, 0) is 0 Å². The van der Waals surface area contributed by atoms with Crippen LogP contribution in [0.2, 0.25) is 0 Å². The molecule has 1 amide bonds. The summed E-state index contributed by atoms with van der Waals surface area (Å²) in [5.74, 6) is -1.34. The Labute approximate surface area is 115 Å². The number of hydrogen-bond donors (Lipinski definition) is 1. The van der Waals surface area contributed by atoms with Gasteiger partial charge in [-0.05, 0) is 49.4 Å². The Kier molecular flexibility index (Phi) is 3.98. The van der Waals surface area contributed by atoms with Gasteiger partial charge in [-0.2, -0.15) is 0 Å². The van der Waals surface area contributed by atoms with E-state index in [-0.39, 0.29) is 17.1 Å². The van der Waals surface area contributed by atoms with E-state index in [0.717, 1.165) is 6.07 Å². The molecule has 5 heteroatoms. The molecule has 0 atom stereocenters. The number of nitrogens with zero attached hydrogens (tertiary/aromatic N) is 1. The topological polar surface area (TPSA) is 46.3 Å². The van der Waals surface area contributed by atoms with E-state index in [9.17, 15) is 13.6 Å². The summed E-state index contributed by atoms with van der Waals surface area (Å²) in [5, 5.41) is 0. The molecule has 0 spiro atoms. The fourth-order valence-electron chi connectivity index (χ4n) is 1.92. The molecule has 2 rings (SSSR count). The second-order valence-electron chi connectivity index (χ2n) is 4.26. The first-order valence-electron chi connectivity index (χ1n) is 6.15. The Hall–Kier alpha value is -2.43. The molecular weight excluding hydrogens is 262 g/mol. The van der Waals surface area contributed by atoms with E-state index in [4.69, 9.17) is 5.73 Å². The second-order valence-corrected chi connectivity index (χ2v) is 4.26. The van der Waals surface area contributed by atoms with E-state index in [1.54, 1.807) is 6.92 Å². The summed E-state index contributed by atoms with van der Waals surface area (Å²) in [6.45, 7) is 2.14. The van der Waals surface area contributed by atoms with Crippen LogP contribution in [0.1, 0.15) is 17.3 Å². The number of halogens is 2. The van der Waals surface area contributed by atoms with Crippen molar-refractivity contribution in [3.8, 4) is 0 Å². The van der Waals surface area contributed by atoms with Crippen molar-refractivity contribution in [3.63, 3.8) is 0 Å². The average molecular weight is 276 g/mol. The van der Waals surface area contributed by atoms with Gasteiger partial charge in [0.05, 0.1) is 5.56 Å². The van der Waals surface area contributed by atoms with Gasteiger partial charge in [-0.1, -0.05) is 0 Å². The van der Waals surface area contributed by atoms with E-state index in [1.807, 2.05) is 0 Å². The lowest BCUT2D eigenvalue weighted by atomic mass is 10.1. The number of rotatable bonds is 3. The quantitative estimate of drug-likeness (QED) is 0.875. The Balaban J connectivity index is 2.38. The minimum absolute atomic E-state index is 0.0937. The maximum atomic E-state index is 13.3. The van der Waals surface area contributed by atoms with Crippen LogP contribution in [0, 0.1) is 11.6 Å². The minimum atomic E-state index is -0.530. The van der Waals surface area contributed by atoms with Crippen LogP contribution in [0.15, 0.2) is 42.5 Å². The maximum absolute atomic E-state index is 13.3. The summed E-state index contributed by atoms with van der Waals surface area (Å²) in [5.41, 5.74) is 6.54. The highest BCUT2D eigenvalue weighted by Crippen LogP contribution is 2.21. The van der Waals surface area contributed by atoms with E-state index in [2.05, 4.69) is 0 Å². The molecule has 0 saturated carbocycles. The zero-order valence-corrected chi connectivity index (χ0v) is 10.9. The molecule has 0 unspecified atom stereocenters. The van der Waals surface area contributed by atoms with Crippen LogP contribution in [0.5, 0.6) is 0 Å². The lowest BCUT2D eigenvalue weighted by Gasteiger charge is -2.21. The average Bonchev–Trinajstić information content (AvgIpc) is 2.44. The van der Waals surface area contributed by atoms with E-state index >= 15 is 0 Å². The highest BCUT2D eigenvalue weighted by molar-refractivity contribution is 6.09. The molecule has 20 heavy (non-hydrogen) atoms. The first-order valence-corrected chi connectivity index (χ1v) is 6.15. The lowest BCUT2D eigenvalue weighted by Crippen LogP contribution is -2.31. The molecule has 2 aromatic rings. The van der Waals surface area contributed by atoms with Crippen molar-refractivity contribution in [3.05, 3.63) is 59.7 Å². The molecule has 0 heterocycles. The number of nitrogen functional groups attached to an aromatic ring is 1. The van der Waals surface area contributed by atoms with Gasteiger partial charge in [0.1, 0.15) is 11.6 Å². The predicted octanol–water partition coefficient (Wildman–Crippen LogP) is 3.21. The standard InChI is InChI=1S/C15H14F2N2O/c1-2-19(12-6-3-10(16)4-7-12)15(20)13-9-11(17)5-8-14(13)18/h3-9H,2,18H2,1H3.